The maximum atomic E-state index is 12.0. The topological polar surface area (TPSA) is 64.1 Å². The molecule has 0 atom stereocenters. The molecule has 0 spiro atoms. The molecule has 2 rings (SSSR count). The Morgan fingerprint density at radius 3 is 2.72 bits per heavy atom. The Morgan fingerprint density at radius 2 is 2.06 bits per heavy atom. The Balaban J connectivity index is 2.24. The molecule has 1 N–H and O–H groups in total. The van der Waals surface area contributed by atoms with Crippen LogP contribution in [0.1, 0.15) is 10.4 Å². The fourth-order valence-corrected chi connectivity index (χ4v) is 1.73. The van der Waals surface area contributed by atoms with E-state index < -0.39 is 0 Å². The van der Waals surface area contributed by atoms with E-state index in [2.05, 4.69) is 31.2 Å². The van der Waals surface area contributed by atoms with Gasteiger partial charge in [-0.2, -0.15) is 0 Å². The van der Waals surface area contributed by atoms with Crippen LogP contribution in [0, 0.1) is 0 Å². The second-order valence-electron chi connectivity index (χ2n) is 3.37. The van der Waals surface area contributed by atoms with Gasteiger partial charge in [-0.3, -0.25) is 10.1 Å². The number of rotatable bonds is 3. The van der Waals surface area contributed by atoms with Crippen molar-refractivity contribution in [2.24, 2.45) is 0 Å². The summed E-state index contributed by atoms with van der Waals surface area (Å²) in [5.41, 5.74) is 0.424. The fourth-order valence-electron chi connectivity index (χ4n) is 1.39. The molecule has 92 valence electrons. The van der Waals surface area contributed by atoms with Crippen molar-refractivity contribution in [1.82, 2.24) is 9.97 Å². The van der Waals surface area contributed by atoms with Gasteiger partial charge in [0.1, 0.15) is 5.75 Å². The van der Waals surface area contributed by atoms with Gasteiger partial charge in [-0.05, 0) is 24.3 Å². The van der Waals surface area contributed by atoms with Crippen LogP contribution in [0.3, 0.4) is 0 Å². The highest BCUT2D eigenvalue weighted by Crippen LogP contribution is 2.23. The number of methoxy groups -OCH3 is 1. The Kier molecular flexibility index (Phi) is 3.88. The lowest BCUT2D eigenvalue weighted by atomic mass is 10.2. The molecule has 1 amide bonds. The minimum absolute atomic E-state index is 0.257. The number of benzene rings is 1. The van der Waals surface area contributed by atoms with Crippen LogP contribution in [0.25, 0.3) is 0 Å². The summed E-state index contributed by atoms with van der Waals surface area (Å²) in [5, 5.41) is 2.60. The van der Waals surface area contributed by atoms with Gasteiger partial charge in [0.05, 0.1) is 12.7 Å². The van der Waals surface area contributed by atoms with Crippen molar-refractivity contribution < 1.29 is 9.53 Å². The third-order valence-electron chi connectivity index (χ3n) is 2.20. The summed E-state index contributed by atoms with van der Waals surface area (Å²) in [6.45, 7) is 0. The van der Waals surface area contributed by atoms with Gasteiger partial charge < -0.3 is 4.74 Å². The van der Waals surface area contributed by atoms with Crippen LogP contribution in [0.4, 0.5) is 5.95 Å². The van der Waals surface area contributed by atoms with E-state index in [1.54, 1.807) is 36.7 Å². The number of ether oxygens (including phenoxy) is 1. The first-order valence-electron chi connectivity index (χ1n) is 5.12. The van der Waals surface area contributed by atoms with Gasteiger partial charge in [-0.15, -0.1) is 0 Å². The van der Waals surface area contributed by atoms with Crippen molar-refractivity contribution in [3.8, 4) is 5.75 Å². The van der Waals surface area contributed by atoms with E-state index in [4.69, 9.17) is 4.74 Å². The number of nitrogens with one attached hydrogen (secondary N) is 1. The molecule has 0 aliphatic heterocycles. The molecule has 2 aromatic rings. The lowest BCUT2D eigenvalue weighted by Gasteiger charge is -2.08. The van der Waals surface area contributed by atoms with Gasteiger partial charge >= 0.3 is 0 Å². The number of anilines is 1. The molecule has 1 aromatic heterocycles. The van der Waals surface area contributed by atoms with Crippen LogP contribution < -0.4 is 10.1 Å². The fraction of sp³-hybridized carbons (Fsp3) is 0.0833. The third-order valence-corrected chi connectivity index (χ3v) is 2.69. The van der Waals surface area contributed by atoms with Crippen molar-refractivity contribution in [3.05, 3.63) is 46.7 Å². The second kappa shape index (κ2) is 5.59. The quantitative estimate of drug-likeness (QED) is 0.946. The summed E-state index contributed by atoms with van der Waals surface area (Å²) < 4.78 is 5.99. The number of hydrogen-bond acceptors (Lipinski definition) is 4. The lowest BCUT2D eigenvalue weighted by molar-refractivity contribution is 0.102. The number of carbonyl (C=O) groups excluding carboxylic acids is 1. The summed E-state index contributed by atoms with van der Waals surface area (Å²) in [6.07, 6.45) is 3.11. The highest BCUT2D eigenvalue weighted by atomic mass is 79.9. The van der Waals surface area contributed by atoms with E-state index in [9.17, 15) is 4.79 Å². The minimum Gasteiger partial charge on any atom is -0.496 e. The molecule has 18 heavy (non-hydrogen) atoms. The Morgan fingerprint density at radius 1 is 1.33 bits per heavy atom. The summed E-state index contributed by atoms with van der Waals surface area (Å²) in [4.78, 5) is 19.9. The van der Waals surface area contributed by atoms with Crippen molar-refractivity contribution in [3.63, 3.8) is 0 Å². The summed E-state index contributed by atoms with van der Waals surface area (Å²) in [7, 11) is 1.51. The summed E-state index contributed by atoms with van der Waals surface area (Å²) in [5.74, 6) is 0.427. The maximum Gasteiger partial charge on any atom is 0.261 e. The molecule has 1 heterocycles. The van der Waals surface area contributed by atoms with E-state index in [0.717, 1.165) is 4.47 Å². The molecule has 0 unspecified atom stereocenters. The van der Waals surface area contributed by atoms with Gasteiger partial charge in [-0.25, -0.2) is 9.97 Å². The van der Waals surface area contributed by atoms with E-state index in [1.807, 2.05) is 0 Å². The minimum atomic E-state index is -0.314. The van der Waals surface area contributed by atoms with E-state index in [0.29, 0.717) is 11.3 Å². The third kappa shape index (κ3) is 2.84. The summed E-state index contributed by atoms with van der Waals surface area (Å²) in [6, 6.07) is 6.83. The standard InChI is InChI=1S/C12H10BrN3O2/c1-18-10-7-8(13)3-4-9(10)11(17)16-12-14-5-2-6-15-12/h2-7H,1H3,(H,14,15,16,17). The average molecular weight is 308 g/mol. The van der Waals surface area contributed by atoms with Crippen LogP contribution in [0.15, 0.2) is 41.1 Å². The SMILES string of the molecule is COc1cc(Br)ccc1C(=O)Nc1ncccn1. The highest BCUT2D eigenvalue weighted by molar-refractivity contribution is 9.10. The number of hydrogen-bond donors (Lipinski definition) is 1. The largest absolute Gasteiger partial charge is 0.496 e. The Labute approximate surface area is 112 Å². The smallest absolute Gasteiger partial charge is 0.261 e. The summed E-state index contributed by atoms with van der Waals surface area (Å²) >= 11 is 3.32. The zero-order chi connectivity index (χ0) is 13.0. The van der Waals surface area contributed by atoms with Crippen molar-refractivity contribution in [2.45, 2.75) is 0 Å². The average Bonchev–Trinajstić information content (AvgIpc) is 2.39. The van der Waals surface area contributed by atoms with Gasteiger partial charge in [0.25, 0.3) is 5.91 Å². The van der Waals surface area contributed by atoms with Crippen molar-refractivity contribution >= 4 is 27.8 Å². The predicted octanol–water partition coefficient (Wildman–Crippen LogP) is 2.50. The molecule has 0 aliphatic carbocycles. The highest BCUT2D eigenvalue weighted by Gasteiger charge is 2.13. The molecule has 0 saturated carbocycles. The van der Waals surface area contributed by atoms with Crippen LogP contribution in [-0.2, 0) is 0 Å². The number of aromatic nitrogens is 2. The van der Waals surface area contributed by atoms with E-state index in [1.165, 1.54) is 7.11 Å². The van der Waals surface area contributed by atoms with Crippen LogP contribution >= 0.6 is 15.9 Å². The molecule has 0 radical (unpaired) electrons. The van der Waals surface area contributed by atoms with Gasteiger partial charge in [-0.1, -0.05) is 15.9 Å². The molecule has 1 aromatic carbocycles. The Hall–Kier alpha value is -1.95. The number of amides is 1. The molecule has 0 bridgehead atoms. The van der Waals surface area contributed by atoms with Crippen LogP contribution in [0.2, 0.25) is 0 Å². The van der Waals surface area contributed by atoms with Crippen LogP contribution in [-0.4, -0.2) is 23.0 Å². The molecular weight excluding hydrogens is 298 g/mol. The van der Waals surface area contributed by atoms with E-state index >= 15 is 0 Å². The molecule has 0 saturated heterocycles. The first kappa shape index (κ1) is 12.5. The first-order chi connectivity index (χ1) is 8.70. The van der Waals surface area contributed by atoms with Gasteiger partial charge in [0, 0.05) is 16.9 Å². The molecular formula is C12H10BrN3O2. The Bertz CT molecular complexity index is 561. The predicted molar refractivity (Wildman–Crippen MR) is 70.7 cm³/mol. The molecule has 5 nitrogen and oxygen atoms in total. The van der Waals surface area contributed by atoms with Crippen LogP contribution in [0.5, 0.6) is 5.75 Å². The van der Waals surface area contributed by atoms with Gasteiger partial charge in [0.2, 0.25) is 5.95 Å². The molecule has 0 aliphatic rings. The molecule has 6 heteroatoms. The monoisotopic (exact) mass is 307 g/mol. The number of carbonyl (C=O) groups is 1. The number of halogens is 1. The maximum absolute atomic E-state index is 12.0. The zero-order valence-electron chi connectivity index (χ0n) is 9.55. The van der Waals surface area contributed by atoms with Gasteiger partial charge in [0.15, 0.2) is 0 Å². The second-order valence-corrected chi connectivity index (χ2v) is 4.29. The lowest BCUT2D eigenvalue weighted by Crippen LogP contribution is -2.15. The normalized spacial score (nSPS) is 9.89. The number of nitrogens with zero attached hydrogens (tertiary/aromatic N) is 2. The first-order valence-corrected chi connectivity index (χ1v) is 5.92. The van der Waals surface area contributed by atoms with Crippen molar-refractivity contribution in [2.75, 3.05) is 12.4 Å². The zero-order valence-corrected chi connectivity index (χ0v) is 11.1. The van der Waals surface area contributed by atoms with E-state index in [-0.39, 0.29) is 11.9 Å². The molecule has 0 fully saturated rings. The van der Waals surface area contributed by atoms with Crippen molar-refractivity contribution in [1.29, 1.82) is 0 Å².